The molecule has 2 aromatic rings. The first-order chi connectivity index (χ1) is 9.06. The van der Waals surface area contributed by atoms with Crippen LogP contribution in [0.3, 0.4) is 0 Å². The number of hydrogen-bond donors (Lipinski definition) is 2. The van der Waals surface area contributed by atoms with Crippen LogP contribution in [0, 0.1) is 0 Å². The molecule has 0 radical (unpaired) electrons. The van der Waals surface area contributed by atoms with Gasteiger partial charge in [0, 0.05) is 19.4 Å². The van der Waals surface area contributed by atoms with E-state index in [-0.39, 0.29) is 18.0 Å². The Bertz CT molecular complexity index is 621. The van der Waals surface area contributed by atoms with Crippen LogP contribution in [0.25, 0.3) is 0 Å². The summed E-state index contributed by atoms with van der Waals surface area (Å²) in [5.41, 5.74) is 0.915. The van der Waals surface area contributed by atoms with Gasteiger partial charge in [-0.25, -0.2) is 9.78 Å². The van der Waals surface area contributed by atoms with Gasteiger partial charge >= 0.3 is 5.97 Å². The number of carbonyl (C=O) groups excluding carboxylic acids is 1. The van der Waals surface area contributed by atoms with Gasteiger partial charge in [-0.15, -0.1) is 0 Å². The molecule has 0 aliphatic rings. The van der Waals surface area contributed by atoms with Gasteiger partial charge in [0.25, 0.3) is 5.91 Å². The number of pyridine rings is 1. The van der Waals surface area contributed by atoms with Crippen LogP contribution >= 0.6 is 0 Å². The van der Waals surface area contributed by atoms with E-state index in [1.54, 1.807) is 17.8 Å². The minimum absolute atomic E-state index is 0.136. The van der Waals surface area contributed by atoms with Crippen molar-refractivity contribution in [3.8, 4) is 0 Å². The number of aromatic carboxylic acids is 1. The van der Waals surface area contributed by atoms with E-state index in [1.807, 2.05) is 0 Å². The lowest BCUT2D eigenvalue weighted by molar-refractivity contribution is 0.0696. The molecule has 0 atom stereocenters. The quantitative estimate of drug-likeness (QED) is 0.831. The number of carboxylic acid groups (broad SMARTS) is 1. The number of aryl methyl sites for hydroxylation is 1. The molecule has 2 aromatic heterocycles. The van der Waals surface area contributed by atoms with E-state index in [1.165, 1.54) is 24.7 Å². The summed E-state index contributed by atoms with van der Waals surface area (Å²) in [6.07, 6.45) is 4.51. The van der Waals surface area contributed by atoms with E-state index in [2.05, 4.69) is 15.3 Å². The number of amides is 1. The number of rotatable bonds is 4. The average Bonchev–Trinajstić information content (AvgIpc) is 2.83. The van der Waals surface area contributed by atoms with Crippen LogP contribution in [0.4, 0.5) is 0 Å². The summed E-state index contributed by atoms with van der Waals surface area (Å²) in [5.74, 6) is -1.36. The number of hydrogen-bond acceptors (Lipinski definition) is 4. The molecule has 98 valence electrons. The molecular weight excluding hydrogens is 248 g/mol. The van der Waals surface area contributed by atoms with E-state index in [9.17, 15) is 9.59 Å². The number of carbonyl (C=O) groups is 2. The number of aromatic nitrogens is 3. The van der Waals surface area contributed by atoms with Crippen LogP contribution in [0.2, 0.25) is 0 Å². The van der Waals surface area contributed by atoms with Crippen molar-refractivity contribution in [2.24, 2.45) is 7.05 Å². The molecule has 0 saturated heterocycles. The summed E-state index contributed by atoms with van der Waals surface area (Å²) in [7, 11) is 1.77. The third-order valence-corrected chi connectivity index (χ3v) is 2.43. The Balaban J connectivity index is 2.01. The largest absolute Gasteiger partial charge is 0.478 e. The summed E-state index contributed by atoms with van der Waals surface area (Å²) in [6, 6.07) is 2.81. The van der Waals surface area contributed by atoms with Gasteiger partial charge in [-0.05, 0) is 12.1 Å². The van der Waals surface area contributed by atoms with Gasteiger partial charge in [-0.1, -0.05) is 0 Å². The topological polar surface area (TPSA) is 97.1 Å². The highest BCUT2D eigenvalue weighted by molar-refractivity contribution is 5.92. The molecule has 0 bridgehead atoms. The first-order valence-corrected chi connectivity index (χ1v) is 5.50. The van der Waals surface area contributed by atoms with Gasteiger partial charge in [-0.2, -0.15) is 0 Å². The fraction of sp³-hybridized carbons (Fsp3) is 0.167. The molecule has 0 aromatic carbocycles. The Labute approximate surface area is 108 Å². The lowest BCUT2D eigenvalue weighted by Crippen LogP contribution is -2.23. The first kappa shape index (κ1) is 12.7. The molecule has 0 unspecified atom stereocenters. The van der Waals surface area contributed by atoms with Crippen molar-refractivity contribution in [2.75, 3.05) is 0 Å². The average molecular weight is 260 g/mol. The SMILES string of the molecule is Cn1cnc(C(=O)NCc2cc(C(=O)O)ccn2)c1. The zero-order chi connectivity index (χ0) is 13.8. The van der Waals surface area contributed by atoms with E-state index in [0.717, 1.165) is 0 Å². The molecule has 0 fully saturated rings. The highest BCUT2D eigenvalue weighted by Crippen LogP contribution is 2.02. The Kier molecular flexibility index (Phi) is 3.56. The van der Waals surface area contributed by atoms with Crippen LogP contribution < -0.4 is 5.32 Å². The van der Waals surface area contributed by atoms with Crippen LogP contribution in [0.1, 0.15) is 26.5 Å². The number of imidazole rings is 1. The predicted molar refractivity (Wildman–Crippen MR) is 65.6 cm³/mol. The second kappa shape index (κ2) is 5.30. The maximum absolute atomic E-state index is 11.7. The van der Waals surface area contributed by atoms with Crippen LogP contribution in [0.5, 0.6) is 0 Å². The molecular formula is C12H12N4O3. The minimum Gasteiger partial charge on any atom is -0.478 e. The van der Waals surface area contributed by atoms with E-state index in [4.69, 9.17) is 5.11 Å². The summed E-state index contributed by atoms with van der Waals surface area (Å²) in [5, 5.41) is 11.5. The number of carboxylic acids is 1. The minimum atomic E-state index is -1.03. The van der Waals surface area contributed by atoms with Gasteiger partial charge in [0.1, 0.15) is 5.69 Å². The second-order valence-electron chi connectivity index (χ2n) is 3.95. The summed E-state index contributed by atoms with van der Waals surface area (Å²) in [6.45, 7) is 0.149. The van der Waals surface area contributed by atoms with Gasteiger partial charge in [-0.3, -0.25) is 9.78 Å². The Morgan fingerprint density at radius 3 is 2.84 bits per heavy atom. The molecule has 0 aliphatic carbocycles. The number of nitrogens with one attached hydrogen (secondary N) is 1. The summed E-state index contributed by atoms with van der Waals surface area (Å²) in [4.78, 5) is 30.4. The monoisotopic (exact) mass is 260 g/mol. The van der Waals surface area contributed by atoms with Crippen LogP contribution in [0.15, 0.2) is 30.9 Å². The molecule has 2 rings (SSSR count). The second-order valence-corrected chi connectivity index (χ2v) is 3.95. The van der Waals surface area contributed by atoms with Gasteiger partial charge in [0.05, 0.1) is 24.1 Å². The smallest absolute Gasteiger partial charge is 0.335 e. The molecule has 2 heterocycles. The maximum atomic E-state index is 11.7. The lowest BCUT2D eigenvalue weighted by atomic mass is 10.2. The Morgan fingerprint density at radius 2 is 2.21 bits per heavy atom. The number of nitrogens with zero attached hydrogens (tertiary/aromatic N) is 3. The molecule has 7 heteroatoms. The lowest BCUT2D eigenvalue weighted by Gasteiger charge is -2.03. The van der Waals surface area contributed by atoms with Crippen molar-refractivity contribution >= 4 is 11.9 Å². The fourth-order valence-electron chi connectivity index (χ4n) is 1.50. The van der Waals surface area contributed by atoms with Gasteiger partial charge < -0.3 is 15.0 Å². The summed E-state index contributed by atoms with van der Waals surface area (Å²) >= 11 is 0. The highest BCUT2D eigenvalue weighted by atomic mass is 16.4. The van der Waals surface area contributed by atoms with E-state index in [0.29, 0.717) is 11.4 Å². The predicted octanol–water partition coefficient (Wildman–Crippen LogP) is 0.443. The zero-order valence-corrected chi connectivity index (χ0v) is 10.2. The van der Waals surface area contributed by atoms with Crippen molar-refractivity contribution in [1.29, 1.82) is 0 Å². The molecule has 0 spiro atoms. The van der Waals surface area contributed by atoms with Crippen molar-refractivity contribution in [3.05, 3.63) is 47.8 Å². The van der Waals surface area contributed by atoms with Crippen LogP contribution in [-0.4, -0.2) is 31.5 Å². The molecule has 1 amide bonds. The van der Waals surface area contributed by atoms with Crippen molar-refractivity contribution < 1.29 is 14.7 Å². The first-order valence-electron chi connectivity index (χ1n) is 5.50. The maximum Gasteiger partial charge on any atom is 0.335 e. The Morgan fingerprint density at radius 1 is 1.42 bits per heavy atom. The van der Waals surface area contributed by atoms with E-state index >= 15 is 0 Å². The fourth-order valence-corrected chi connectivity index (χ4v) is 1.50. The third kappa shape index (κ3) is 3.15. The van der Waals surface area contributed by atoms with E-state index < -0.39 is 5.97 Å². The molecule has 2 N–H and O–H groups in total. The van der Waals surface area contributed by atoms with Crippen LogP contribution in [-0.2, 0) is 13.6 Å². The van der Waals surface area contributed by atoms with Crippen molar-refractivity contribution in [2.45, 2.75) is 6.54 Å². The normalized spacial score (nSPS) is 10.2. The summed E-state index contributed by atoms with van der Waals surface area (Å²) < 4.78 is 1.66. The van der Waals surface area contributed by atoms with Gasteiger partial charge in [0.15, 0.2) is 0 Å². The molecule has 0 aliphatic heterocycles. The molecule has 0 saturated carbocycles. The molecule has 7 nitrogen and oxygen atoms in total. The molecule has 19 heavy (non-hydrogen) atoms. The van der Waals surface area contributed by atoms with Gasteiger partial charge in [0.2, 0.25) is 0 Å². The van der Waals surface area contributed by atoms with Crippen molar-refractivity contribution in [3.63, 3.8) is 0 Å². The third-order valence-electron chi connectivity index (χ3n) is 2.43. The Hall–Kier alpha value is -2.70. The van der Waals surface area contributed by atoms with Crippen molar-refractivity contribution in [1.82, 2.24) is 19.9 Å². The highest BCUT2D eigenvalue weighted by Gasteiger charge is 2.09. The standard InChI is InChI=1S/C12H12N4O3/c1-16-6-10(15-7-16)11(17)14-5-9-4-8(12(18)19)2-3-13-9/h2-4,6-7H,5H2,1H3,(H,14,17)(H,18,19). The zero-order valence-electron chi connectivity index (χ0n) is 10.2.